The average Bonchev–Trinajstić information content (AvgIpc) is 2.46. The highest BCUT2D eigenvalue weighted by molar-refractivity contribution is 8.68. The normalized spacial score (nSPS) is 15.5. The minimum atomic E-state index is -2.26. The molecule has 0 radical (unpaired) electrons. The second-order valence-electron chi connectivity index (χ2n) is 3.88. The van der Waals surface area contributed by atoms with E-state index in [2.05, 4.69) is 5.32 Å². The number of carbonyl (C=O) groups is 1. The van der Waals surface area contributed by atoms with E-state index in [0.717, 1.165) is 0 Å². The van der Waals surface area contributed by atoms with Crippen molar-refractivity contribution in [2.24, 2.45) is 0 Å². The highest BCUT2D eigenvalue weighted by Gasteiger charge is 2.17. The summed E-state index contributed by atoms with van der Waals surface area (Å²) in [7, 11) is 4.55. The maximum atomic E-state index is 10.8. The summed E-state index contributed by atoms with van der Waals surface area (Å²) in [6.45, 7) is 0. The van der Waals surface area contributed by atoms with Crippen molar-refractivity contribution in [3.63, 3.8) is 0 Å². The van der Waals surface area contributed by atoms with Crippen LogP contribution >= 0.6 is 17.1 Å². The molecule has 0 aromatic carbocycles. The van der Waals surface area contributed by atoms with Gasteiger partial charge in [0.2, 0.25) is 11.6 Å². The smallest absolute Gasteiger partial charge is 0.247 e. The first-order valence-electron chi connectivity index (χ1n) is 6.14. The Bertz CT molecular complexity index is 254. The fourth-order valence-corrected chi connectivity index (χ4v) is 4.16. The lowest BCUT2D eigenvalue weighted by molar-refractivity contribution is -0.118. The van der Waals surface area contributed by atoms with E-state index >= 15 is 0 Å². The minimum Gasteiger partial charge on any atom is -0.358 e. The molecular formula is C11H24NO3PS2. The minimum absolute atomic E-state index is 0.0803. The Morgan fingerprint density at radius 3 is 1.83 bits per heavy atom. The van der Waals surface area contributed by atoms with E-state index in [9.17, 15) is 4.79 Å². The highest BCUT2D eigenvalue weighted by atomic mass is 32.9. The third kappa shape index (κ3) is 9.34. The Labute approximate surface area is 119 Å². The second-order valence-corrected chi connectivity index (χ2v) is 10.4. The van der Waals surface area contributed by atoms with Crippen LogP contribution in [0.2, 0.25) is 0 Å². The van der Waals surface area contributed by atoms with Crippen molar-refractivity contribution in [2.75, 3.05) is 27.0 Å². The number of rotatable bonds is 5. The Morgan fingerprint density at radius 2 is 1.56 bits per heavy atom. The van der Waals surface area contributed by atoms with Crippen LogP contribution in [0.25, 0.3) is 0 Å². The fraction of sp³-hybridized carbons (Fsp3) is 0.909. The van der Waals surface area contributed by atoms with Crippen molar-refractivity contribution in [3.8, 4) is 0 Å². The van der Waals surface area contributed by atoms with E-state index in [4.69, 9.17) is 20.9 Å². The Hall–Kier alpha value is 0.390. The molecule has 0 saturated heterocycles. The van der Waals surface area contributed by atoms with Crippen molar-refractivity contribution in [1.29, 1.82) is 0 Å². The van der Waals surface area contributed by atoms with Gasteiger partial charge in [-0.1, -0.05) is 49.9 Å². The lowest BCUT2D eigenvalue weighted by Crippen LogP contribution is -2.19. The molecule has 0 heterocycles. The maximum absolute atomic E-state index is 10.8. The predicted octanol–water partition coefficient (Wildman–Crippen LogP) is 3.32. The fourth-order valence-electron chi connectivity index (χ4n) is 1.45. The van der Waals surface area contributed by atoms with E-state index in [1.165, 1.54) is 64.1 Å². The molecule has 108 valence electrons. The molecule has 1 aliphatic carbocycles. The first kappa shape index (κ1) is 18.4. The van der Waals surface area contributed by atoms with Crippen molar-refractivity contribution < 1.29 is 13.8 Å². The van der Waals surface area contributed by atoms with E-state index in [1.54, 1.807) is 7.05 Å². The molecule has 18 heavy (non-hydrogen) atoms. The molecule has 0 aromatic heterocycles. The van der Waals surface area contributed by atoms with E-state index in [0.29, 0.717) is 0 Å². The van der Waals surface area contributed by atoms with Crippen LogP contribution in [-0.2, 0) is 25.6 Å². The monoisotopic (exact) mass is 313 g/mol. The van der Waals surface area contributed by atoms with Crippen LogP contribution in [-0.4, -0.2) is 32.9 Å². The van der Waals surface area contributed by atoms with E-state index in [1.807, 2.05) is 0 Å². The molecule has 0 unspecified atom stereocenters. The summed E-state index contributed by atoms with van der Waals surface area (Å²) in [6, 6.07) is 0. The molecule has 1 N–H and O–H groups in total. The van der Waals surface area contributed by atoms with Gasteiger partial charge in [-0.3, -0.25) is 4.79 Å². The van der Waals surface area contributed by atoms with Crippen LogP contribution in [0.5, 0.6) is 0 Å². The van der Waals surface area contributed by atoms with E-state index in [-0.39, 0.29) is 11.7 Å². The van der Waals surface area contributed by atoms with Gasteiger partial charge >= 0.3 is 0 Å². The standard InChI is InChI=1S/C6H12.C5H12NO3PS2/c1-2-4-6-5-3-1;1-6-5(7)4-12-10(11,8-2)9-3/h1-6H2;4H2,1-3H3,(H,6,7). The highest BCUT2D eigenvalue weighted by Crippen LogP contribution is 2.59. The van der Waals surface area contributed by atoms with Crippen molar-refractivity contribution >= 4 is 34.8 Å². The summed E-state index contributed by atoms with van der Waals surface area (Å²) in [4.78, 5) is 10.8. The van der Waals surface area contributed by atoms with E-state index < -0.39 is 5.69 Å². The van der Waals surface area contributed by atoms with Crippen LogP contribution in [0.1, 0.15) is 38.5 Å². The molecule has 0 spiro atoms. The van der Waals surface area contributed by atoms with Gasteiger partial charge in [-0.2, -0.15) is 0 Å². The van der Waals surface area contributed by atoms with Gasteiger partial charge in [0.05, 0.1) is 5.75 Å². The zero-order valence-corrected chi connectivity index (χ0v) is 14.0. The molecule has 1 fully saturated rings. The molecule has 0 aromatic rings. The largest absolute Gasteiger partial charge is 0.358 e. The number of nitrogens with one attached hydrogen (secondary N) is 1. The molecule has 7 heteroatoms. The van der Waals surface area contributed by atoms with Crippen molar-refractivity contribution in [1.82, 2.24) is 5.32 Å². The number of carbonyl (C=O) groups excluding carboxylic acids is 1. The molecular weight excluding hydrogens is 289 g/mol. The van der Waals surface area contributed by atoms with Crippen LogP contribution < -0.4 is 5.32 Å². The van der Waals surface area contributed by atoms with Gasteiger partial charge in [-0.05, 0) is 11.8 Å². The van der Waals surface area contributed by atoms with Gasteiger partial charge in [-0.15, -0.1) is 0 Å². The lowest BCUT2D eigenvalue weighted by Gasteiger charge is -2.15. The van der Waals surface area contributed by atoms with Gasteiger partial charge in [-0.25, -0.2) is 0 Å². The predicted molar refractivity (Wildman–Crippen MR) is 82.5 cm³/mol. The number of hydrogen-bond donors (Lipinski definition) is 1. The summed E-state index contributed by atoms with van der Waals surface area (Å²) < 4.78 is 9.94. The molecule has 1 rings (SSSR count). The van der Waals surface area contributed by atoms with Gasteiger partial charge in [0.15, 0.2) is 0 Å². The molecule has 1 aliphatic rings. The van der Waals surface area contributed by atoms with Crippen molar-refractivity contribution in [3.05, 3.63) is 0 Å². The van der Waals surface area contributed by atoms with Crippen molar-refractivity contribution in [2.45, 2.75) is 38.5 Å². The average molecular weight is 313 g/mol. The zero-order valence-electron chi connectivity index (χ0n) is 11.4. The Morgan fingerprint density at radius 1 is 1.17 bits per heavy atom. The lowest BCUT2D eigenvalue weighted by atomic mass is 10.0. The molecule has 0 bridgehead atoms. The Kier molecular flexibility index (Phi) is 11.5. The molecule has 1 amide bonds. The quantitative estimate of drug-likeness (QED) is 0.789. The zero-order chi connectivity index (χ0) is 13.9. The van der Waals surface area contributed by atoms with Gasteiger partial charge in [0, 0.05) is 21.3 Å². The van der Waals surface area contributed by atoms with Gasteiger partial charge in [0.1, 0.15) is 0 Å². The van der Waals surface area contributed by atoms with Gasteiger partial charge < -0.3 is 14.4 Å². The molecule has 0 atom stereocenters. The summed E-state index contributed by atoms with van der Waals surface area (Å²) in [5.41, 5.74) is -2.26. The maximum Gasteiger partial charge on any atom is 0.247 e. The molecule has 0 aliphatic heterocycles. The van der Waals surface area contributed by atoms with Crippen LogP contribution in [0, 0.1) is 0 Å². The van der Waals surface area contributed by atoms with Crippen LogP contribution in [0.15, 0.2) is 0 Å². The van der Waals surface area contributed by atoms with Crippen LogP contribution in [0.3, 0.4) is 0 Å². The SMILES string of the molecule is C1CCCCC1.CNC(=O)CSP(=S)(OC)OC. The third-order valence-electron chi connectivity index (χ3n) is 2.58. The molecule has 4 nitrogen and oxygen atoms in total. The first-order valence-corrected chi connectivity index (χ1v) is 10.4. The van der Waals surface area contributed by atoms with Gasteiger partial charge in [0.25, 0.3) is 0 Å². The Balaban J connectivity index is 0.000000397. The summed E-state index contributed by atoms with van der Waals surface area (Å²) in [6.07, 6.45) is 9.00. The van der Waals surface area contributed by atoms with Crippen LogP contribution in [0.4, 0.5) is 0 Å². The third-order valence-corrected chi connectivity index (χ3v) is 8.26. The first-order chi connectivity index (χ1) is 8.58. The molecule has 1 saturated carbocycles. The summed E-state index contributed by atoms with van der Waals surface area (Å²) in [5.74, 6) is 0.193. The summed E-state index contributed by atoms with van der Waals surface area (Å²) in [5, 5.41) is 2.49. The second kappa shape index (κ2) is 11.2. The summed E-state index contributed by atoms with van der Waals surface area (Å²) >= 11 is 6.25. The topological polar surface area (TPSA) is 47.6 Å². The number of amides is 1. The number of hydrogen-bond acceptors (Lipinski definition) is 5.